The van der Waals surface area contributed by atoms with Gasteiger partial charge in [0.05, 0.1) is 32.5 Å². The van der Waals surface area contributed by atoms with Gasteiger partial charge in [0.2, 0.25) is 11.8 Å². The molecule has 1 aliphatic heterocycles. The monoisotopic (exact) mass is 1640 g/mol. The Morgan fingerprint density at radius 2 is 0.649 bits per heavy atom. The molecule has 1 saturated heterocycles. The number of hydrogen-bond donors (Lipinski definition) is 5. The Morgan fingerprint density at radius 1 is 0.368 bits per heavy atom. The predicted molar refractivity (Wildman–Crippen MR) is 461 cm³/mol. The first-order valence-electron chi connectivity index (χ1n) is 48.1. The Balaban J connectivity index is 3.78. The van der Waals surface area contributed by atoms with Crippen LogP contribution in [0.15, 0.2) is 0 Å². The second-order valence-electron chi connectivity index (χ2n) is 33.7. The zero-order valence-electron chi connectivity index (χ0n) is 74.1. The minimum absolute atomic E-state index is 0.158. The number of esters is 4. The number of phosphoric ester groups is 1. The largest absolute Gasteiger partial charge is 0.470 e. The van der Waals surface area contributed by atoms with Crippen molar-refractivity contribution in [2.45, 2.75) is 534 Å². The summed E-state index contributed by atoms with van der Waals surface area (Å²) in [5.74, 6) is -3.42. The van der Waals surface area contributed by atoms with E-state index in [1.54, 1.807) is 0 Å². The van der Waals surface area contributed by atoms with E-state index >= 15 is 0 Å². The number of aliphatic hydroxyl groups excluding tert-OH is 2. The summed E-state index contributed by atoms with van der Waals surface area (Å²) in [6.07, 6.45) is 56.5. The Hall–Kier alpha value is -3.23. The van der Waals surface area contributed by atoms with E-state index in [-0.39, 0.29) is 51.2 Å². The lowest BCUT2D eigenvalue weighted by Crippen LogP contribution is -2.66. The van der Waals surface area contributed by atoms with Gasteiger partial charge in [-0.3, -0.25) is 33.3 Å². The quantitative estimate of drug-likeness (QED) is 0.0124. The second-order valence-corrected chi connectivity index (χ2v) is 34.9. The van der Waals surface area contributed by atoms with Crippen molar-refractivity contribution < 1.29 is 86.3 Å². The van der Waals surface area contributed by atoms with E-state index in [2.05, 4.69) is 46.9 Å². The molecule has 8 atom stereocenters. The van der Waals surface area contributed by atoms with Crippen LogP contribution in [-0.2, 0) is 66.3 Å². The van der Waals surface area contributed by atoms with E-state index in [4.69, 9.17) is 32.9 Å². The highest BCUT2D eigenvalue weighted by atomic mass is 31.2. The van der Waals surface area contributed by atoms with Gasteiger partial charge >= 0.3 is 31.7 Å². The number of rotatable bonds is 85. The molecular weight excluding hydrogens is 1460 g/mol. The average molecular weight is 1640 g/mol. The number of nitrogens with zero attached hydrogens (tertiary/aromatic N) is 1. The van der Waals surface area contributed by atoms with Gasteiger partial charge in [-0.2, -0.15) is 0 Å². The van der Waals surface area contributed by atoms with Crippen molar-refractivity contribution in [2.75, 3.05) is 26.5 Å². The van der Waals surface area contributed by atoms with Gasteiger partial charge in [-0.25, -0.2) is 4.57 Å². The zero-order chi connectivity index (χ0) is 83.4. The SMILES string of the molecule is CCCCCCCCCCCCCC(=O)O[C@H](CCCCCCCCCCC)CC(=O)N[C@H]1[C@H](OCCN(CO)C(=O)C[C@@H](CCCCCCCCCCC)OC(=O)CCCCCCCCCCCCC)O[C@H](CO)[C@@H](OP(=O)(O)O)[C@@H]1OC(=O)C[C@@H](CCCCCCCCCCC)OC(=O)CCCCCCCCCCCCC. The summed E-state index contributed by atoms with van der Waals surface area (Å²) in [5.41, 5.74) is 0. The van der Waals surface area contributed by atoms with Gasteiger partial charge in [0.15, 0.2) is 12.4 Å². The Morgan fingerprint density at radius 3 is 0.939 bits per heavy atom. The molecule has 1 aliphatic rings. The highest BCUT2D eigenvalue weighted by molar-refractivity contribution is 7.46. The Bertz CT molecular complexity index is 2300. The van der Waals surface area contributed by atoms with Crippen molar-refractivity contribution in [2.24, 2.45) is 0 Å². The molecule has 1 heterocycles. The van der Waals surface area contributed by atoms with Gasteiger partial charge in [0, 0.05) is 25.8 Å². The van der Waals surface area contributed by atoms with E-state index in [1.807, 2.05) is 0 Å². The van der Waals surface area contributed by atoms with Crippen LogP contribution in [0.4, 0.5) is 0 Å². The van der Waals surface area contributed by atoms with Crippen LogP contribution < -0.4 is 5.32 Å². The van der Waals surface area contributed by atoms with Crippen molar-refractivity contribution in [3.8, 4) is 0 Å². The fourth-order valence-electron chi connectivity index (χ4n) is 15.7. The van der Waals surface area contributed by atoms with Gasteiger partial charge in [0.1, 0.15) is 43.3 Å². The van der Waals surface area contributed by atoms with Crippen LogP contribution in [0.25, 0.3) is 0 Å². The Kier molecular flexibility index (Phi) is 74.7. The second kappa shape index (κ2) is 78.3. The van der Waals surface area contributed by atoms with Crippen LogP contribution in [-0.4, -0.2) is 136 Å². The number of ether oxygens (including phenoxy) is 6. The summed E-state index contributed by atoms with van der Waals surface area (Å²) in [6, 6.07) is -1.64. The van der Waals surface area contributed by atoms with E-state index < -0.39 is 106 Å². The van der Waals surface area contributed by atoms with Crippen molar-refractivity contribution >= 4 is 43.5 Å². The highest BCUT2D eigenvalue weighted by Gasteiger charge is 2.52. The lowest BCUT2D eigenvalue weighted by atomic mass is 9.96. The summed E-state index contributed by atoms with van der Waals surface area (Å²) in [7, 11) is -5.51. The third-order valence-electron chi connectivity index (χ3n) is 22.8. The molecule has 114 heavy (non-hydrogen) atoms. The van der Waals surface area contributed by atoms with Gasteiger partial charge < -0.3 is 58.6 Å². The molecule has 21 heteroatoms. The number of hydrogen-bond acceptors (Lipinski definition) is 16. The number of aliphatic hydroxyl groups is 2. The third kappa shape index (κ3) is 64.7. The lowest BCUT2D eigenvalue weighted by molar-refractivity contribution is -0.271. The minimum Gasteiger partial charge on any atom is -0.462 e. The van der Waals surface area contributed by atoms with Crippen molar-refractivity contribution in [1.29, 1.82) is 0 Å². The van der Waals surface area contributed by atoms with Crippen LogP contribution >= 0.6 is 7.82 Å². The molecule has 672 valence electrons. The molecule has 2 amide bonds. The van der Waals surface area contributed by atoms with E-state index in [1.165, 1.54) is 180 Å². The first-order valence-corrected chi connectivity index (χ1v) is 49.6. The third-order valence-corrected chi connectivity index (χ3v) is 23.3. The smallest absolute Gasteiger partial charge is 0.462 e. The van der Waals surface area contributed by atoms with Gasteiger partial charge in [-0.1, -0.05) is 388 Å². The van der Waals surface area contributed by atoms with Crippen molar-refractivity contribution in [3.63, 3.8) is 0 Å². The molecular formula is C93H177N2O18P. The molecule has 0 bridgehead atoms. The Labute approximate surface area is 696 Å². The van der Waals surface area contributed by atoms with Crippen LogP contribution in [0.3, 0.4) is 0 Å². The zero-order valence-corrected chi connectivity index (χ0v) is 75.0. The summed E-state index contributed by atoms with van der Waals surface area (Å²) in [6.45, 7) is 10.9. The molecule has 0 unspecified atom stereocenters. The molecule has 0 aromatic carbocycles. The van der Waals surface area contributed by atoms with Crippen LogP contribution in [0.1, 0.15) is 485 Å². The van der Waals surface area contributed by atoms with Crippen molar-refractivity contribution in [1.82, 2.24) is 10.2 Å². The van der Waals surface area contributed by atoms with Crippen LogP contribution in [0, 0.1) is 0 Å². The van der Waals surface area contributed by atoms with E-state index in [0.717, 1.165) is 178 Å². The number of amides is 2. The summed E-state index contributed by atoms with van der Waals surface area (Å²) in [4.78, 5) is 107. The molecule has 0 saturated carbocycles. The number of phosphoric acid groups is 1. The fourth-order valence-corrected chi connectivity index (χ4v) is 16.3. The first-order chi connectivity index (χ1) is 55.5. The molecule has 1 fully saturated rings. The normalized spacial score (nSPS) is 16.5. The molecule has 20 nitrogen and oxygen atoms in total. The van der Waals surface area contributed by atoms with E-state index in [0.29, 0.717) is 51.4 Å². The maximum absolute atomic E-state index is 15.0. The summed E-state index contributed by atoms with van der Waals surface area (Å²) >= 11 is 0. The van der Waals surface area contributed by atoms with E-state index in [9.17, 15) is 53.3 Å². The van der Waals surface area contributed by atoms with Gasteiger partial charge in [0.25, 0.3) is 0 Å². The maximum Gasteiger partial charge on any atom is 0.470 e. The topological polar surface area (TPSA) is 280 Å². The number of carbonyl (C=O) groups excluding carboxylic acids is 6. The van der Waals surface area contributed by atoms with Gasteiger partial charge in [-0.05, 0) is 57.8 Å². The number of unbranched alkanes of at least 4 members (excludes halogenated alkanes) is 54. The molecule has 1 rings (SSSR count). The molecule has 0 aromatic rings. The predicted octanol–water partition coefficient (Wildman–Crippen LogP) is 24.1. The first kappa shape index (κ1) is 109. The molecule has 5 N–H and O–H groups in total. The molecule has 0 aliphatic carbocycles. The molecule has 0 spiro atoms. The minimum atomic E-state index is -5.51. The number of nitrogens with one attached hydrogen (secondary N) is 1. The standard InChI is InChI=1S/C93H177N2O18P/c1-7-13-19-25-31-37-40-46-52-58-64-70-86(100)108-80(67-61-55-49-43-34-28-22-16-10-4)75-84(98)94-90-92(112-89(103)77-82(69-63-57-51-45-36-30-24-18-12-6)110-88(102)72-66-60-54-48-42-39-33-27-21-15-9-3)91(113-114(104,105)106)83(78-96)111-93(90)107-74-73-95(79-97)85(99)76-81(68-62-56-50-44-35-29-23-17-11-5)109-87(101)71-65-59-53-47-41-38-32-26-20-14-8-2/h80-83,90-93,96-97H,7-79H2,1-6H3,(H,94,98)(H2,104,105,106)/t80-,81-,82-,83-,90-,91-,92-,93-/m1/s1. The van der Waals surface area contributed by atoms with Gasteiger partial charge in [-0.15, -0.1) is 0 Å². The van der Waals surface area contributed by atoms with Crippen molar-refractivity contribution in [3.05, 3.63) is 0 Å². The van der Waals surface area contributed by atoms with Crippen LogP contribution in [0.2, 0.25) is 0 Å². The summed E-state index contributed by atoms with van der Waals surface area (Å²) < 4.78 is 55.9. The molecule has 0 radical (unpaired) electrons. The summed E-state index contributed by atoms with van der Waals surface area (Å²) in [5, 5.41) is 24.8. The average Bonchev–Trinajstić information content (AvgIpc) is 0.780. The van der Waals surface area contributed by atoms with Crippen LogP contribution in [0.5, 0.6) is 0 Å². The maximum atomic E-state index is 15.0. The number of carbonyl (C=O) groups is 6. The molecule has 0 aromatic heterocycles. The highest BCUT2D eigenvalue weighted by Crippen LogP contribution is 2.43. The fraction of sp³-hybridized carbons (Fsp3) is 0.935. The lowest BCUT2D eigenvalue weighted by Gasteiger charge is -2.45.